The Kier molecular flexibility index (Phi) is 3.90. The van der Waals surface area contributed by atoms with Crippen LogP contribution in [0.2, 0.25) is 10.0 Å². The van der Waals surface area contributed by atoms with Gasteiger partial charge in [-0.25, -0.2) is 0 Å². The van der Waals surface area contributed by atoms with Crippen molar-refractivity contribution in [3.63, 3.8) is 0 Å². The van der Waals surface area contributed by atoms with Crippen molar-refractivity contribution >= 4 is 35.1 Å². The van der Waals surface area contributed by atoms with Crippen LogP contribution in [0.3, 0.4) is 0 Å². The van der Waals surface area contributed by atoms with E-state index in [1.807, 2.05) is 12.1 Å². The molecule has 0 aliphatic rings. The molecule has 1 heterocycles. The number of furan rings is 1. The Hall–Kier alpha value is -1.51. The predicted molar refractivity (Wildman–Crippen MR) is 73.9 cm³/mol. The number of hydrogen-bond donors (Lipinski definition) is 0. The van der Waals surface area contributed by atoms with Gasteiger partial charge in [0, 0.05) is 5.56 Å². The van der Waals surface area contributed by atoms with Gasteiger partial charge in [0.25, 0.3) is 0 Å². The van der Waals surface area contributed by atoms with Crippen LogP contribution in [0.5, 0.6) is 0 Å². The van der Waals surface area contributed by atoms with Gasteiger partial charge >= 0.3 is 0 Å². The zero-order chi connectivity index (χ0) is 13.1. The molecule has 2 nitrogen and oxygen atoms in total. The summed E-state index contributed by atoms with van der Waals surface area (Å²) in [6.07, 6.45) is 3.08. The van der Waals surface area contributed by atoms with Crippen molar-refractivity contribution in [3.05, 3.63) is 52.2 Å². The second-order valence-corrected chi connectivity index (χ2v) is 4.59. The van der Waals surface area contributed by atoms with Gasteiger partial charge in [-0.2, -0.15) is 0 Å². The lowest BCUT2D eigenvalue weighted by Crippen LogP contribution is -1.78. The number of allylic oxidation sites excluding steroid dienone is 1. The van der Waals surface area contributed by atoms with Crippen LogP contribution < -0.4 is 0 Å². The van der Waals surface area contributed by atoms with Gasteiger partial charge in [-0.3, -0.25) is 4.79 Å². The molecule has 4 heteroatoms. The molecule has 0 aliphatic heterocycles. The Morgan fingerprint density at radius 3 is 2.61 bits per heavy atom. The van der Waals surface area contributed by atoms with Gasteiger partial charge < -0.3 is 4.42 Å². The molecule has 0 saturated carbocycles. The fourth-order valence-corrected chi connectivity index (χ4v) is 1.74. The first-order valence-corrected chi connectivity index (χ1v) is 6.06. The monoisotopic (exact) mass is 280 g/mol. The van der Waals surface area contributed by atoms with E-state index in [4.69, 9.17) is 27.6 Å². The molecule has 0 amide bonds. The number of benzene rings is 1. The maximum Gasteiger partial charge on any atom is 0.152 e. The normalized spacial score (nSPS) is 11.1. The summed E-state index contributed by atoms with van der Waals surface area (Å²) in [5.41, 5.74) is 0.840. The van der Waals surface area contributed by atoms with Gasteiger partial charge in [0.1, 0.15) is 11.5 Å². The average molecular weight is 281 g/mol. The number of carbonyl (C=O) groups excluding carboxylic acids is 1. The molecule has 2 aromatic rings. The highest BCUT2D eigenvalue weighted by atomic mass is 35.5. The number of hydrogen-bond acceptors (Lipinski definition) is 2. The van der Waals surface area contributed by atoms with E-state index in [1.54, 1.807) is 24.3 Å². The van der Waals surface area contributed by atoms with E-state index < -0.39 is 0 Å². The van der Waals surface area contributed by atoms with Gasteiger partial charge in [0.05, 0.1) is 10.0 Å². The SMILES string of the molecule is CC(=O)C=Cc1ccc(-c2ccc(Cl)c(Cl)c2)o1. The van der Waals surface area contributed by atoms with Crippen molar-refractivity contribution < 1.29 is 9.21 Å². The highest BCUT2D eigenvalue weighted by Gasteiger charge is 2.05. The molecule has 2 rings (SSSR count). The molecule has 0 aliphatic carbocycles. The van der Waals surface area contributed by atoms with E-state index in [2.05, 4.69) is 0 Å². The summed E-state index contributed by atoms with van der Waals surface area (Å²) >= 11 is 11.8. The minimum atomic E-state index is -0.0255. The van der Waals surface area contributed by atoms with Crippen molar-refractivity contribution in [2.75, 3.05) is 0 Å². The van der Waals surface area contributed by atoms with Crippen molar-refractivity contribution in [3.8, 4) is 11.3 Å². The summed E-state index contributed by atoms with van der Waals surface area (Å²) in [5.74, 6) is 1.27. The van der Waals surface area contributed by atoms with E-state index >= 15 is 0 Å². The van der Waals surface area contributed by atoms with E-state index in [1.165, 1.54) is 13.0 Å². The predicted octanol–water partition coefficient (Wildman–Crippen LogP) is 4.86. The molecule has 0 unspecified atom stereocenters. The smallest absolute Gasteiger partial charge is 0.152 e. The van der Waals surface area contributed by atoms with Gasteiger partial charge in [-0.05, 0) is 49.4 Å². The molecule has 0 saturated heterocycles. The molecule has 92 valence electrons. The largest absolute Gasteiger partial charge is 0.457 e. The van der Waals surface area contributed by atoms with Crippen molar-refractivity contribution in [2.45, 2.75) is 6.92 Å². The number of carbonyl (C=O) groups is 1. The van der Waals surface area contributed by atoms with Crippen molar-refractivity contribution in [2.24, 2.45) is 0 Å². The lowest BCUT2D eigenvalue weighted by atomic mass is 10.2. The Morgan fingerprint density at radius 1 is 1.17 bits per heavy atom. The highest BCUT2D eigenvalue weighted by molar-refractivity contribution is 6.42. The minimum absolute atomic E-state index is 0.0255. The first-order valence-electron chi connectivity index (χ1n) is 5.30. The molecule has 18 heavy (non-hydrogen) atoms. The Bertz CT molecular complexity index is 612. The Balaban J connectivity index is 2.29. The van der Waals surface area contributed by atoms with Crippen LogP contribution in [0, 0.1) is 0 Å². The lowest BCUT2D eigenvalue weighted by Gasteiger charge is -1.99. The Labute approximate surface area is 115 Å². The number of halogens is 2. The molecule has 0 spiro atoms. The molecule has 1 aromatic carbocycles. The molecular formula is C14H10Cl2O2. The summed E-state index contributed by atoms with van der Waals surface area (Å²) in [7, 11) is 0. The molecule has 0 bridgehead atoms. The zero-order valence-electron chi connectivity index (χ0n) is 9.61. The number of ketones is 1. The standard InChI is InChI=1S/C14H10Cl2O2/c1-9(17)2-4-11-5-7-14(18-11)10-3-6-12(15)13(16)8-10/h2-8H,1H3. The fourth-order valence-electron chi connectivity index (χ4n) is 1.45. The van der Waals surface area contributed by atoms with Crippen LogP contribution in [0.4, 0.5) is 0 Å². The van der Waals surface area contributed by atoms with Crippen LogP contribution in [0.15, 0.2) is 40.8 Å². The maximum absolute atomic E-state index is 10.8. The average Bonchev–Trinajstić information content (AvgIpc) is 2.79. The molecular weight excluding hydrogens is 271 g/mol. The van der Waals surface area contributed by atoms with Crippen LogP contribution in [-0.4, -0.2) is 5.78 Å². The maximum atomic E-state index is 10.8. The quantitative estimate of drug-likeness (QED) is 0.752. The molecule has 0 N–H and O–H groups in total. The highest BCUT2D eigenvalue weighted by Crippen LogP contribution is 2.29. The van der Waals surface area contributed by atoms with Crippen LogP contribution >= 0.6 is 23.2 Å². The van der Waals surface area contributed by atoms with Crippen LogP contribution in [-0.2, 0) is 4.79 Å². The minimum Gasteiger partial charge on any atom is -0.457 e. The van der Waals surface area contributed by atoms with Crippen molar-refractivity contribution in [1.82, 2.24) is 0 Å². The van der Waals surface area contributed by atoms with E-state index in [0.29, 0.717) is 21.6 Å². The number of rotatable bonds is 3. The topological polar surface area (TPSA) is 30.2 Å². The summed E-state index contributed by atoms with van der Waals surface area (Å²) in [6.45, 7) is 1.49. The van der Waals surface area contributed by atoms with Gasteiger partial charge in [-0.15, -0.1) is 0 Å². The summed E-state index contributed by atoms with van der Waals surface area (Å²) in [5, 5.41) is 0.982. The Morgan fingerprint density at radius 2 is 1.94 bits per heavy atom. The van der Waals surface area contributed by atoms with E-state index in [9.17, 15) is 4.79 Å². The van der Waals surface area contributed by atoms with Gasteiger partial charge in [0.15, 0.2) is 5.78 Å². The first kappa shape index (κ1) is 12.9. The third kappa shape index (κ3) is 3.03. The first-order chi connectivity index (χ1) is 8.56. The van der Waals surface area contributed by atoms with Crippen LogP contribution in [0.1, 0.15) is 12.7 Å². The molecule has 1 aromatic heterocycles. The molecule has 0 radical (unpaired) electrons. The van der Waals surface area contributed by atoms with Gasteiger partial charge in [0.2, 0.25) is 0 Å². The molecule has 0 fully saturated rings. The third-order valence-electron chi connectivity index (χ3n) is 2.31. The second kappa shape index (κ2) is 5.42. The summed E-state index contributed by atoms with van der Waals surface area (Å²) in [4.78, 5) is 10.8. The fraction of sp³-hybridized carbons (Fsp3) is 0.0714. The van der Waals surface area contributed by atoms with Crippen molar-refractivity contribution in [1.29, 1.82) is 0 Å². The summed E-state index contributed by atoms with van der Waals surface area (Å²) < 4.78 is 5.57. The van der Waals surface area contributed by atoms with Gasteiger partial charge in [-0.1, -0.05) is 23.2 Å². The lowest BCUT2D eigenvalue weighted by molar-refractivity contribution is -0.112. The zero-order valence-corrected chi connectivity index (χ0v) is 11.1. The summed E-state index contributed by atoms with van der Waals surface area (Å²) in [6, 6.07) is 8.89. The van der Waals surface area contributed by atoms with Crippen LogP contribution in [0.25, 0.3) is 17.4 Å². The van der Waals surface area contributed by atoms with E-state index in [-0.39, 0.29) is 5.78 Å². The molecule has 0 atom stereocenters. The van der Waals surface area contributed by atoms with E-state index in [0.717, 1.165) is 5.56 Å². The third-order valence-corrected chi connectivity index (χ3v) is 3.05. The second-order valence-electron chi connectivity index (χ2n) is 3.77.